The molecule has 1 saturated heterocycles. The lowest BCUT2D eigenvalue weighted by Crippen LogP contribution is -2.54. The number of rotatable bonds is 2. The number of nitrogens with one attached hydrogen (secondary N) is 3. The van der Waals surface area contributed by atoms with E-state index >= 15 is 0 Å². The zero-order valence-corrected chi connectivity index (χ0v) is 20.5. The number of hydrogen-bond acceptors (Lipinski definition) is 4. The van der Waals surface area contributed by atoms with Crippen LogP contribution >= 0.6 is 0 Å². The number of carbonyl (C=O) groups is 2. The fourth-order valence-corrected chi connectivity index (χ4v) is 5.58. The normalized spacial score (nSPS) is 24.5. The molecule has 1 fully saturated rings. The van der Waals surface area contributed by atoms with Gasteiger partial charge in [-0.15, -0.1) is 0 Å². The summed E-state index contributed by atoms with van der Waals surface area (Å²) in [6, 6.07) is 12.1. The van der Waals surface area contributed by atoms with Gasteiger partial charge in [0.2, 0.25) is 5.91 Å². The van der Waals surface area contributed by atoms with Gasteiger partial charge in [0.25, 0.3) is 5.91 Å². The predicted octanol–water partition coefficient (Wildman–Crippen LogP) is 4.42. The summed E-state index contributed by atoms with van der Waals surface area (Å²) in [4.78, 5) is 27.7. The first-order chi connectivity index (χ1) is 16.9. The Kier molecular flexibility index (Phi) is 6.50. The summed E-state index contributed by atoms with van der Waals surface area (Å²) in [6.07, 6.45) is 5.08. The van der Waals surface area contributed by atoms with Crippen molar-refractivity contribution in [1.29, 1.82) is 5.41 Å². The van der Waals surface area contributed by atoms with Crippen LogP contribution in [-0.4, -0.2) is 35.3 Å². The van der Waals surface area contributed by atoms with Crippen LogP contribution in [0.5, 0.6) is 5.75 Å². The molecule has 2 aromatic rings. The Labute approximate surface area is 206 Å². The molecule has 184 valence electrons. The number of carbonyl (C=O) groups excluding carboxylic acids is 2. The van der Waals surface area contributed by atoms with E-state index in [-0.39, 0.29) is 36.4 Å². The minimum absolute atomic E-state index is 0.00253. The Morgan fingerprint density at radius 1 is 1.06 bits per heavy atom. The fourth-order valence-electron chi connectivity index (χ4n) is 5.58. The Bertz CT molecular complexity index is 1140. The molecule has 7 heteroatoms. The highest BCUT2D eigenvalue weighted by atomic mass is 16.5. The van der Waals surface area contributed by atoms with E-state index in [1.807, 2.05) is 6.92 Å². The van der Waals surface area contributed by atoms with Gasteiger partial charge in [0.15, 0.2) is 5.96 Å². The van der Waals surface area contributed by atoms with Crippen molar-refractivity contribution in [2.45, 2.75) is 76.9 Å². The number of nitrogens with zero attached hydrogens (tertiary/aromatic N) is 1. The van der Waals surface area contributed by atoms with Crippen molar-refractivity contribution in [2.75, 3.05) is 6.61 Å². The molecule has 3 heterocycles. The van der Waals surface area contributed by atoms with Crippen molar-refractivity contribution in [3.8, 4) is 5.75 Å². The molecule has 3 N–H and O–H groups in total. The third-order valence-electron chi connectivity index (χ3n) is 7.60. The first-order valence-corrected chi connectivity index (χ1v) is 12.8. The number of guanidine groups is 1. The molecule has 0 aromatic heterocycles. The van der Waals surface area contributed by atoms with E-state index in [2.05, 4.69) is 35.8 Å². The minimum atomic E-state index is -0.134. The number of fused-ring (bicyclic) bond motifs is 6. The van der Waals surface area contributed by atoms with Crippen LogP contribution in [0.3, 0.4) is 0 Å². The topological polar surface area (TPSA) is 94.5 Å². The van der Waals surface area contributed by atoms with Crippen LogP contribution in [0.1, 0.15) is 90.5 Å². The monoisotopic (exact) mass is 474 g/mol. The molecule has 2 unspecified atom stereocenters. The average molecular weight is 475 g/mol. The summed E-state index contributed by atoms with van der Waals surface area (Å²) < 4.78 is 5.79. The third kappa shape index (κ3) is 4.77. The molecular weight excluding hydrogens is 440 g/mol. The van der Waals surface area contributed by atoms with E-state index in [0.717, 1.165) is 37.7 Å². The molecule has 3 aliphatic heterocycles. The molecule has 7 nitrogen and oxygen atoms in total. The van der Waals surface area contributed by atoms with Gasteiger partial charge in [0, 0.05) is 23.6 Å². The minimum Gasteiger partial charge on any atom is -0.494 e. The predicted molar refractivity (Wildman–Crippen MR) is 135 cm³/mol. The molecule has 2 aromatic carbocycles. The smallest absolute Gasteiger partial charge is 0.251 e. The zero-order valence-electron chi connectivity index (χ0n) is 20.5. The first-order valence-electron chi connectivity index (χ1n) is 12.8. The van der Waals surface area contributed by atoms with E-state index in [1.165, 1.54) is 21.6 Å². The van der Waals surface area contributed by atoms with Crippen molar-refractivity contribution in [3.05, 3.63) is 64.2 Å². The van der Waals surface area contributed by atoms with Crippen LogP contribution in [0.4, 0.5) is 0 Å². The quantitative estimate of drug-likeness (QED) is 0.601. The largest absolute Gasteiger partial charge is 0.494 e. The number of amides is 2. The average Bonchev–Trinajstić information content (AvgIpc) is 3.23. The molecule has 6 rings (SSSR count). The summed E-state index contributed by atoms with van der Waals surface area (Å²) in [5, 5.41) is 15.0. The standard InChI is InChI=1S/C28H34N4O3/c1-3-35-25-12-10-20-13-21(25)16-32-26(33)15-22(30-28(32)29)6-4-5-17(2)19-8-7-18-9-11-24(23(18)14-19)31-27(20)34/h7-8,10,12-14,17,22,24H,3-6,9,11,15-16H2,1-2H3,(H2,29,30)(H,31,34)/t17?,22-,24?/m1/s1. The molecule has 2 amide bonds. The SMILES string of the molecule is CCOc1ccc2cc1CN1C(=N)N[C@H](CCCC(C)c3ccc4c(c3)C(CC4)NC2=O)CC1=O. The summed E-state index contributed by atoms with van der Waals surface area (Å²) in [6.45, 7) is 4.82. The number of ether oxygens (including phenoxy) is 1. The number of benzene rings is 2. The maximum Gasteiger partial charge on any atom is 0.251 e. The lowest BCUT2D eigenvalue weighted by Gasteiger charge is -2.34. The Balaban J connectivity index is 1.51. The second-order valence-corrected chi connectivity index (χ2v) is 9.98. The van der Waals surface area contributed by atoms with Gasteiger partial charge >= 0.3 is 0 Å². The summed E-state index contributed by atoms with van der Waals surface area (Å²) in [5.74, 6) is 0.927. The van der Waals surface area contributed by atoms with Crippen LogP contribution in [0, 0.1) is 5.41 Å². The first kappa shape index (κ1) is 23.4. The molecule has 4 aliphatic rings. The highest BCUT2D eigenvalue weighted by molar-refractivity contribution is 5.98. The van der Waals surface area contributed by atoms with Gasteiger partial charge in [-0.05, 0) is 73.4 Å². The van der Waals surface area contributed by atoms with Gasteiger partial charge in [0.1, 0.15) is 5.75 Å². The highest BCUT2D eigenvalue weighted by Crippen LogP contribution is 2.35. The van der Waals surface area contributed by atoms with Crippen molar-refractivity contribution >= 4 is 17.8 Å². The van der Waals surface area contributed by atoms with Crippen molar-refractivity contribution < 1.29 is 14.3 Å². The van der Waals surface area contributed by atoms with Gasteiger partial charge < -0.3 is 15.4 Å². The molecule has 0 radical (unpaired) electrons. The van der Waals surface area contributed by atoms with Crippen LogP contribution in [0.2, 0.25) is 0 Å². The van der Waals surface area contributed by atoms with E-state index in [4.69, 9.17) is 10.1 Å². The summed E-state index contributed by atoms with van der Waals surface area (Å²) >= 11 is 0. The van der Waals surface area contributed by atoms with Crippen LogP contribution < -0.4 is 15.4 Å². The lowest BCUT2D eigenvalue weighted by molar-refractivity contribution is -0.129. The molecule has 6 bridgehead atoms. The molecule has 0 spiro atoms. The highest BCUT2D eigenvalue weighted by Gasteiger charge is 2.31. The summed E-state index contributed by atoms with van der Waals surface area (Å²) in [5.41, 5.74) is 5.10. The molecular formula is C28H34N4O3. The van der Waals surface area contributed by atoms with Crippen LogP contribution in [0.15, 0.2) is 36.4 Å². The number of aryl methyl sites for hydroxylation is 1. The van der Waals surface area contributed by atoms with Crippen LogP contribution in [-0.2, 0) is 17.8 Å². The third-order valence-corrected chi connectivity index (χ3v) is 7.60. The van der Waals surface area contributed by atoms with E-state index in [1.54, 1.807) is 18.2 Å². The molecule has 0 saturated carbocycles. The maximum absolute atomic E-state index is 13.3. The van der Waals surface area contributed by atoms with Crippen molar-refractivity contribution in [2.24, 2.45) is 0 Å². The van der Waals surface area contributed by atoms with E-state index in [9.17, 15) is 9.59 Å². The summed E-state index contributed by atoms with van der Waals surface area (Å²) in [7, 11) is 0. The van der Waals surface area contributed by atoms with Gasteiger partial charge in [-0.2, -0.15) is 0 Å². The second kappa shape index (κ2) is 9.72. The van der Waals surface area contributed by atoms with Crippen LogP contribution in [0.25, 0.3) is 0 Å². The van der Waals surface area contributed by atoms with Crippen molar-refractivity contribution in [3.63, 3.8) is 0 Å². The van der Waals surface area contributed by atoms with E-state index < -0.39 is 0 Å². The molecule has 3 atom stereocenters. The fraction of sp³-hybridized carbons (Fsp3) is 0.464. The Morgan fingerprint density at radius 3 is 2.71 bits per heavy atom. The van der Waals surface area contributed by atoms with Gasteiger partial charge in [-0.1, -0.05) is 31.5 Å². The molecule has 35 heavy (non-hydrogen) atoms. The van der Waals surface area contributed by atoms with Crippen molar-refractivity contribution in [1.82, 2.24) is 15.5 Å². The zero-order chi connectivity index (χ0) is 24.5. The van der Waals surface area contributed by atoms with Gasteiger partial charge in [0.05, 0.1) is 19.2 Å². The number of hydrogen-bond donors (Lipinski definition) is 3. The van der Waals surface area contributed by atoms with Gasteiger partial charge in [-0.3, -0.25) is 19.9 Å². The lowest BCUT2D eigenvalue weighted by atomic mass is 9.91. The van der Waals surface area contributed by atoms with Gasteiger partial charge in [-0.25, -0.2) is 0 Å². The maximum atomic E-state index is 13.3. The Hall–Kier alpha value is -3.35. The Morgan fingerprint density at radius 2 is 1.91 bits per heavy atom. The van der Waals surface area contributed by atoms with E-state index in [0.29, 0.717) is 30.3 Å². The second-order valence-electron chi connectivity index (χ2n) is 9.98. The molecule has 1 aliphatic carbocycles.